The number of esters is 1. The number of hydrogen-bond acceptors (Lipinski definition) is 5. The lowest BCUT2D eigenvalue weighted by molar-refractivity contribution is -0.534. The van der Waals surface area contributed by atoms with Gasteiger partial charge < -0.3 is 9.47 Å². The lowest BCUT2D eigenvalue weighted by atomic mass is 9.84. The first kappa shape index (κ1) is 17.6. The van der Waals surface area contributed by atoms with Crippen LogP contribution in [0.15, 0.2) is 11.6 Å². The Morgan fingerprint density at radius 1 is 1.43 bits per heavy atom. The Kier molecular flexibility index (Phi) is 6.81. The second-order valence-electron chi connectivity index (χ2n) is 5.37. The monoisotopic (exact) mass is 299 g/mol. The topological polar surface area (TPSA) is 78.7 Å². The summed E-state index contributed by atoms with van der Waals surface area (Å²) in [6.07, 6.45) is 3.12. The van der Waals surface area contributed by atoms with Gasteiger partial charge in [-0.25, -0.2) is 4.79 Å². The van der Waals surface area contributed by atoms with Crippen molar-refractivity contribution in [1.82, 2.24) is 0 Å². The summed E-state index contributed by atoms with van der Waals surface area (Å²) in [6, 6.07) is -0.811. The van der Waals surface area contributed by atoms with Crippen molar-refractivity contribution in [3.05, 3.63) is 21.8 Å². The van der Waals surface area contributed by atoms with Crippen LogP contribution in [0.5, 0.6) is 0 Å². The SMILES string of the molecule is CCOC(=O)C1=C[C@@H](OC(CC)CC)[C@H](C)[C@@H]([N+](=O)[O-])C1. The molecular weight excluding hydrogens is 274 g/mol. The van der Waals surface area contributed by atoms with Gasteiger partial charge in [0, 0.05) is 16.9 Å². The maximum atomic E-state index is 11.9. The van der Waals surface area contributed by atoms with Crippen molar-refractivity contribution >= 4 is 5.97 Å². The van der Waals surface area contributed by atoms with E-state index in [4.69, 9.17) is 9.47 Å². The lowest BCUT2D eigenvalue weighted by Crippen LogP contribution is -2.42. The predicted molar refractivity (Wildman–Crippen MR) is 78.5 cm³/mol. The Balaban J connectivity index is 2.97. The van der Waals surface area contributed by atoms with Crippen molar-refractivity contribution in [2.75, 3.05) is 6.61 Å². The summed E-state index contributed by atoms with van der Waals surface area (Å²) in [5, 5.41) is 11.2. The summed E-state index contributed by atoms with van der Waals surface area (Å²) in [6.45, 7) is 7.81. The molecule has 0 fully saturated rings. The first-order chi connectivity index (χ1) is 9.94. The summed E-state index contributed by atoms with van der Waals surface area (Å²) >= 11 is 0. The van der Waals surface area contributed by atoms with E-state index in [1.54, 1.807) is 19.9 Å². The molecule has 0 radical (unpaired) electrons. The van der Waals surface area contributed by atoms with Crippen molar-refractivity contribution in [3.63, 3.8) is 0 Å². The van der Waals surface area contributed by atoms with Crippen LogP contribution in [-0.2, 0) is 14.3 Å². The molecule has 1 aliphatic carbocycles. The van der Waals surface area contributed by atoms with E-state index in [9.17, 15) is 14.9 Å². The average molecular weight is 299 g/mol. The quantitative estimate of drug-likeness (QED) is 0.410. The number of carbonyl (C=O) groups excluding carboxylic acids is 1. The van der Waals surface area contributed by atoms with E-state index < -0.39 is 18.1 Å². The molecule has 0 bridgehead atoms. The minimum Gasteiger partial charge on any atom is -0.463 e. The third-order valence-electron chi connectivity index (χ3n) is 3.99. The maximum Gasteiger partial charge on any atom is 0.334 e. The zero-order valence-corrected chi connectivity index (χ0v) is 13.2. The highest BCUT2D eigenvalue weighted by Gasteiger charge is 2.41. The molecule has 1 aliphatic rings. The molecule has 21 heavy (non-hydrogen) atoms. The van der Waals surface area contributed by atoms with Crippen LogP contribution in [0, 0.1) is 16.0 Å². The molecule has 1 rings (SSSR count). The van der Waals surface area contributed by atoms with Gasteiger partial charge in [0.1, 0.15) is 0 Å². The number of nitro groups is 1. The van der Waals surface area contributed by atoms with Crippen molar-refractivity contribution in [2.45, 2.75) is 65.2 Å². The highest BCUT2D eigenvalue weighted by atomic mass is 16.6. The minimum atomic E-state index is -0.811. The van der Waals surface area contributed by atoms with E-state index in [-0.39, 0.29) is 30.0 Å². The summed E-state index contributed by atoms with van der Waals surface area (Å²) < 4.78 is 10.9. The van der Waals surface area contributed by atoms with E-state index >= 15 is 0 Å². The van der Waals surface area contributed by atoms with Crippen LogP contribution in [0.3, 0.4) is 0 Å². The first-order valence-corrected chi connectivity index (χ1v) is 7.61. The average Bonchev–Trinajstić information content (AvgIpc) is 2.46. The number of ether oxygens (including phenoxy) is 2. The van der Waals surface area contributed by atoms with Gasteiger partial charge in [0.25, 0.3) is 0 Å². The van der Waals surface area contributed by atoms with Gasteiger partial charge in [0.05, 0.1) is 24.7 Å². The van der Waals surface area contributed by atoms with E-state index in [2.05, 4.69) is 0 Å². The van der Waals surface area contributed by atoms with Crippen molar-refractivity contribution in [2.24, 2.45) is 5.92 Å². The van der Waals surface area contributed by atoms with Crippen LogP contribution in [-0.4, -0.2) is 35.7 Å². The highest BCUT2D eigenvalue weighted by molar-refractivity contribution is 5.88. The van der Waals surface area contributed by atoms with Gasteiger partial charge >= 0.3 is 5.97 Å². The molecule has 0 saturated carbocycles. The van der Waals surface area contributed by atoms with E-state index in [1.807, 2.05) is 13.8 Å². The van der Waals surface area contributed by atoms with Gasteiger partial charge in [-0.1, -0.05) is 20.8 Å². The molecule has 6 nitrogen and oxygen atoms in total. The predicted octanol–water partition coefficient (Wildman–Crippen LogP) is 2.73. The Morgan fingerprint density at radius 3 is 2.52 bits per heavy atom. The molecule has 0 unspecified atom stereocenters. The molecule has 0 aliphatic heterocycles. The molecule has 0 N–H and O–H groups in total. The van der Waals surface area contributed by atoms with Crippen LogP contribution in [0.4, 0.5) is 0 Å². The summed E-state index contributed by atoms with van der Waals surface area (Å²) in [7, 11) is 0. The fourth-order valence-electron chi connectivity index (χ4n) is 2.56. The molecule has 0 spiro atoms. The van der Waals surface area contributed by atoms with Crippen molar-refractivity contribution in [3.8, 4) is 0 Å². The molecule has 6 heteroatoms. The molecular formula is C15H25NO5. The number of nitrogens with zero attached hydrogens (tertiary/aromatic N) is 1. The standard InChI is InChI=1S/C15H25NO5/c1-5-12(6-2)21-14-9-11(15(17)20-7-3)8-13(10(14)4)16(18)19/h9-10,12-14H,5-8H2,1-4H3/t10-,13+,14-/m1/s1. The minimum absolute atomic E-state index is 0.0441. The number of hydrogen-bond donors (Lipinski definition) is 0. The summed E-state index contributed by atoms with van der Waals surface area (Å²) in [5.74, 6) is -0.742. The second-order valence-corrected chi connectivity index (χ2v) is 5.37. The molecule has 0 heterocycles. The van der Waals surface area contributed by atoms with Crippen LogP contribution in [0.2, 0.25) is 0 Å². The Morgan fingerprint density at radius 2 is 2.05 bits per heavy atom. The molecule has 3 atom stereocenters. The Bertz CT molecular complexity index is 403. The molecule has 0 aromatic rings. The normalized spacial score (nSPS) is 25.6. The third kappa shape index (κ3) is 4.52. The third-order valence-corrected chi connectivity index (χ3v) is 3.99. The van der Waals surface area contributed by atoms with E-state index in [1.165, 1.54) is 0 Å². The Labute approximate surface area is 125 Å². The van der Waals surface area contributed by atoms with Crippen LogP contribution < -0.4 is 0 Å². The summed E-state index contributed by atoms with van der Waals surface area (Å²) in [5.41, 5.74) is 0.354. The highest BCUT2D eigenvalue weighted by Crippen LogP contribution is 2.30. The van der Waals surface area contributed by atoms with Crippen LogP contribution >= 0.6 is 0 Å². The fraction of sp³-hybridized carbons (Fsp3) is 0.800. The first-order valence-electron chi connectivity index (χ1n) is 7.61. The van der Waals surface area contributed by atoms with Crippen molar-refractivity contribution in [1.29, 1.82) is 0 Å². The van der Waals surface area contributed by atoms with Gasteiger partial charge in [0.15, 0.2) is 0 Å². The molecule has 0 aromatic heterocycles. The van der Waals surface area contributed by atoms with E-state index in [0.29, 0.717) is 5.57 Å². The largest absolute Gasteiger partial charge is 0.463 e. The van der Waals surface area contributed by atoms with Crippen molar-refractivity contribution < 1.29 is 19.2 Å². The molecule has 0 aromatic carbocycles. The van der Waals surface area contributed by atoms with Gasteiger partial charge in [-0.2, -0.15) is 0 Å². The van der Waals surface area contributed by atoms with Gasteiger partial charge in [-0.05, 0) is 25.8 Å². The maximum absolute atomic E-state index is 11.9. The van der Waals surface area contributed by atoms with Gasteiger partial charge in [-0.3, -0.25) is 10.1 Å². The zero-order chi connectivity index (χ0) is 16.0. The zero-order valence-electron chi connectivity index (χ0n) is 13.2. The number of rotatable bonds is 7. The number of carbonyl (C=O) groups is 1. The smallest absolute Gasteiger partial charge is 0.334 e. The van der Waals surface area contributed by atoms with Gasteiger partial charge in [0.2, 0.25) is 6.04 Å². The second kappa shape index (κ2) is 8.12. The fourth-order valence-corrected chi connectivity index (χ4v) is 2.56. The lowest BCUT2D eigenvalue weighted by Gasteiger charge is -2.31. The molecule has 0 amide bonds. The molecule has 120 valence electrons. The molecule has 0 saturated heterocycles. The van der Waals surface area contributed by atoms with E-state index in [0.717, 1.165) is 12.8 Å². The Hall–Kier alpha value is -1.43. The van der Waals surface area contributed by atoms with Crippen LogP contribution in [0.1, 0.15) is 47.0 Å². The van der Waals surface area contributed by atoms with Crippen LogP contribution in [0.25, 0.3) is 0 Å². The van der Waals surface area contributed by atoms with Gasteiger partial charge in [-0.15, -0.1) is 0 Å². The summed E-state index contributed by atoms with van der Waals surface area (Å²) in [4.78, 5) is 22.8.